The maximum absolute atomic E-state index is 13.1. The largest absolute Gasteiger partial charge is 0.491 e. The Morgan fingerprint density at radius 3 is 2.61 bits per heavy atom. The summed E-state index contributed by atoms with van der Waals surface area (Å²) in [5.74, 6) is 5.38. The van der Waals surface area contributed by atoms with E-state index < -0.39 is 79.5 Å². The number of phosphoric acid groups is 3. The number of nitrogens with zero attached hydrogens (tertiary/aromatic N) is 8. The van der Waals surface area contributed by atoms with Crippen molar-refractivity contribution in [2.75, 3.05) is 71.7 Å². The molecule has 1 aromatic carbocycles. The molecule has 1 saturated carbocycles. The number of hydrogen-bond donors (Lipinski definition) is 9. The Morgan fingerprint density at radius 2 is 1.88 bits per heavy atom. The summed E-state index contributed by atoms with van der Waals surface area (Å²) >= 11 is 0. The average Bonchev–Trinajstić information content (AvgIpc) is 3.83. The number of amides is 2. The second-order valence-corrected chi connectivity index (χ2v) is 19.1. The molecule has 34 heteroatoms. The fraction of sp³-hybridized carbons (Fsp3) is 0.543. The van der Waals surface area contributed by atoms with Crippen molar-refractivity contribution >= 4 is 52.3 Å². The van der Waals surface area contributed by atoms with Gasteiger partial charge in [0.15, 0.2) is 11.9 Å². The van der Waals surface area contributed by atoms with Crippen LogP contribution in [0.3, 0.4) is 0 Å². The van der Waals surface area contributed by atoms with E-state index in [1.54, 1.807) is 24.3 Å². The van der Waals surface area contributed by atoms with Gasteiger partial charge in [-0.15, -0.1) is 0 Å². The van der Waals surface area contributed by atoms with Crippen molar-refractivity contribution in [1.82, 2.24) is 30.5 Å². The van der Waals surface area contributed by atoms with E-state index in [4.69, 9.17) is 54.8 Å². The maximum atomic E-state index is 13.1. The van der Waals surface area contributed by atoms with E-state index in [9.17, 15) is 37.9 Å². The van der Waals surface area contributed by atoms with Crippen LogP contribution in [0.4, 0.5) is 5.95 Å². The number of anilines is 1. The number of ether oxygens (including phenoxy) is 5. The third kappa shape index (κ3) is 18.1. The second kappa shape index (κ2) is 26.0. The number of phosphoric ester groups is 1. The lowest BCUT2D eigenvalue weighted by Crippen LogP contribution is -2.35. The normalized spacial score (nSPS) is 19.1. The number of azide groups is 2. The van der Waals surface area contributed by atoms with Gasteiger partial charge in [0.05, 0.1) is 43.4 Å². The molecule has 3 aromatic rings. The van der Waals surface area contributed by atoms with Gasteiger partial charge in [0.1, 0.15) is 38.0 Å². The molecule has 10 N–H and O–H groups in total. The quantitative estimate of drug-likeness (QED) is 0.0125. The van der Waals surface area contributed by atoms with Gasteiger partial charge < -0.3 is 69.5 Å². The summed E-state index contributed by atoms with van der Waals surface area (Å²) in [6.45, 7) is -0.415. The molecule has 3 heterocycles. The second-order valence-electron chi connectivity index (χ2n) is 14.7. The zero-order chi connectivity index (χ0) is 50.0. The first-order chi connectivity index (χ1) is 32.8. The smallest absolute Gasteiger partial charge is 0.490 e. The molecule has 69 heavy (non-hydrogen) atoms. The molecule has 2 amide bonds. The molecule has 5 rings (SSSR count). The van der Waals surface area contributed by atoms with Gasteiger partial charge in [-0.2, -0.15) is 13.6 Å². The monoisotopic (exact) mass is 1030 g/mol. The number of nitrogen functional groups attached to an aromatic ring is 1. The number of fused-ring (bicyclic) bond motifs is 1. The molecule has 6 atom stereocenters. The molecular formula is C35H48N13O18P3. The zero-order valence-electron chi connectivity index (χ0n) is 36.2. The molecule has 1 aliphatic heterocycles. The number of carbonyl (C=O) groups is 2. The van der Waals surface area contributed by atoms with E-state index in [0.29, 0.717) is 30.3 Å². The van der Waals surface area contributed by atoms with Gasteiger partial charge in [-0.3, -0.25) is 23.9 Å². The van der Waals surface area contributed by atoms with E-state index in [1.165, 1.54) is 30.0 Å². The Bertz CT molecular complexity index is 2640. The lowest BCUT2D eigenvalue weighted by atomic mass is 9.85. The standard InChI is InChI=1S/C35H48N13O18P3/c36-35-43-32-31(34(51)44-35)24(17-48(32)30-15-26(62-21-42-46-37)27(64-30)18-63-68(55,56)66-69(57,58)65-67(52,53)54)7-3-9-40-28(49)19-59-12-13-60-29(45-47-38)20-61-25-8-2-6-23(14-25)33(50)41-11-10-39-16-22-4-1-5-22/h2,6,8,14,17,22,26-27,29-30,39H,1,4-5,9-13,15-16,18-21H2,(H,40,49)(H,41,50)(H,55,56)(H,57,58)(H2,52,53,54)(H3,36,43,44,51)/t26?,27-,29?,30-/m1/s1. The highest BCUT2D eigenvalue weighted by atomic mass is 31.3. The summed E-state index contributed by atoms with van der Waals surface area (Å²) in [6, 6.07) is 6.48. The van der Waals surface area contributed by atoms with Gasteiger partial charge in [-0.25, -0.2) is 13.7 Å². The van der Waals surface area contributed by atoms with Crippen molar-refractivity contribution < 1.29 is 79.7 Å². The van der Waals surface area contributed by atoms with E-state index in [2.05, 4.69) is 66.4 Å². The maximum Gasteiger partial charge on any atom is 0.490 e. The fourth-order valence-electron chi connectivity index (χ4n) is 6.49. The molecule has 1 aliphatic carbocycles. The molecule has 4 unspecified atom stereocenters. The van der Waals surface area contributed by atoms with Crippen LogP contribution in [0.1, 0.15) is 47.8 Å². The Labute approximate surface area is 390 Å². The van der Waals surface area contributed by atoms with E-state index in [1.807, 2.05) is 0 Å². The van der Waals surface area contributed by atoms with Crippen LogP contribution < -0.4 is 32.0 Å². The minimum atomic E-state index is -5.83. The number of aromatic amines is 1. The van der Waals surface area contributed by atoms with Gasteiger partial charge in [0, 0.05) is 41.1 Å². The number of benzene rings is 1. The molecule has 376 valence electrons. The van der Waals surface area contributed by atoms with Gasteiger partial charge >= 0.3 is 23.5 Å². The predicted molar refractivity (Wildman–Crippen MR) is 236 cm³/mol. The van der Waals surface area contributed by atoms with Gasteiger partial charge in [-0.1, -0.05) is 34.6 Å². The highest BCUT2D eigenvalue weighted by Gasteiger charge is 2.44. The average molecular weight is 1030 g/mol. The van der Waals surface area contributed by atoms with Gasteiger partial charge in [-0.05, 0) is 54.6 Å². The summed E-state index contributed by atoms with van der Waals surface area (Å²) in [5, 5.41) is 15.5. The molecular weight excluding hydrogens is 983 g/mol. The van der Waals surface area contributed by atoms with Crippen molar-refractivity contribution in [2.24, 2.45) is 16.1 Å². The number of hydrogen-bond acceptors (Lipinski definition) is 19. The highest BCUT2D eigenvalue weighted by molar-refractivity contribution is 7.66. The molecule has 31 nitrogen and oxygen atoms in total. The molecule has 2 fully saturated rings. The number of nitrogens with two attached hydrogens (primary N) is 1. The zero-order valence-corrected chi connectivity index (χ0v) is 38.9. The van der Waals surface area contributed by atoms with Crippen LogP contribution in [-0.2, 0) is 50.6 Å². The minimum absolute atomic E-state index is 0.0477. The van der Waals surface area contributed by atoms with Crippen molar-refractivity contribution in [2.45, 2.75) is 50.3 Å². The SMILES string of the molecule is [N-]=[N+]=NCOC1C[C@H](n2cc(C#CCNC(=O)COCCOC(COc3cccc(C(=O)NCCNCC4CCC4)c3)N=[N+]=[N-])c3c(=O)[nH]c(N)nc32)O[C@@H]1COP(=O)(O)OP(=O)(O)OP(=O)(O)O. The molecule has 0 bridgehead atoms. The van der Waals surface area contributed by atoms with Crippen molar-refractivity contribution in [3.63, 3.8) is 0 Å². The van der Waals surface area contributed by atoms with Crippen molar-refractivity contribution in [1.29, 1.82) is 0 Å². The van der Waals surface area contributed by atoms with E-state index >= 15 is 0 Å². The Hall–Kier alpha value is -5.43. The fourth-order valence-corrected chi connectivity index (χ4v) is 9.52. The first kappa shape index (κ1) is 54.5. The summed E-state index contributed by atoms with van der Waals surface area (Å²) in [4.78, 5) is 87.0. The lowest BCUT2D eigenvalue weighted by molar-refractivity contribution is -0.126. The van der Waals surface area contributed by atoms with Gasteiger partial charge in [0.25, 0.3) is 11.5 Å². The first-order valence-corrected chi connectivity index (χ1v) is 25.0. The third-order valence-electron chi connectivity index (χ3n) is 9.70. The number of H-pyrrole nitrogens is 1. The number of aromatic nitrogens is 3. The van der Waals surface area contributed by atoms with Crippen LogP contribution in [0.2, 0.25) is 0 Å². The third-order valence-corrected chi connectivity index (χ3v) is 13.5. The molecule has 0 spiro atoms. The Balaban J connectivity index is 1.09. The Morgan fingerprint density at radius 1 is 1.09 bits per heavy atom. The van der Waals surface area contributed by atoms with Crippen LogP contribution in [0.25, 0.3) is 31.9 Å². The molecule has 1 saturated heterocycles. The number of carbonyl (C=O) groups excluding carboxylic acids is 2. The summed E-state index contributed by atoms with van der Waals surface area (Å²) in [6.07, 6.45) is 0.348. The van der Waals surface area contributed by atoms with Gasteiger partial charge in [0.2, 0.25) is 11.9 Å². The van der Waals surface area contributed by atoms with Crippen LogP contribution in [0.5, 0.6) is 5.75 Å². The van der Waals surface area contributed by atoms with Crippen LogP contribution in [0.15, 0.2) is 45.5 Å². The number of rotatable bonds is 28. The molecule has 2 aromatic heterocycles. The molecule has 2 aliphatic rings. The predicted octanol–water partition coefficient (Wildman–Crippen LogP) is 1.93. The van der Waals surface area contributed by atoms with E-state index in [-0.39, 0.29) is 61.2 Å². The number of nitrogens with one attached hydrogen (secondary N) is 4. The van der Waals surface area contributed by atoms with E-state index in [0.717, 1.165) is 6.54 Å². The topological polar surface area (TPSA) is 450 Å². The van der Waals surface area contributed by atoms with Crippen LogP contribution in [-0.4, -0.2) is 130 Å². The first-order valence-electron chi connectivity index (χ1n) is 20.5. The van der Waals surface area contributed by atoms with Crippen molar-refractivity contribution in [3.05, 3.63) is 72.8 Å². The molecule has 0 radical (unpaired) electrons. The van der Waals surface area contributed by atoms with Crippen molar-refractivity contribution in [3.8, 4) is 17.6 Å². The lowest BCUT2D eigenvalue weighted by Gasteiger charge is -2.25. The van der Waals surface area contributed by atoms with Crippen LogP contribution in [0, 0.1) is 17.8 Å². The Kier molecular flexibility index (Phi) is 20.5. The summed E-state index contributed by atoms with van der Waals surface area (Å²) < 4.78 is 76.7. The minimum Gasteiger partial charge on any atom is -0.491 e. The highest BCUT2D eigenvalue weighted by Crippen LogP contribution is 2.66. The van der Waals surface area contributed by atoms with Crippen LogP contribution >= 0.6 is 23.5 Å². The summed E-state index contributed by atoms with van der Waals surface area (Å²) in [7, 11) is -17.1. The summed E-state index contributed by atoms with van der Waals surface area (Å²) in [5.41, 5.74) is 23.2.